The standard InChI is InChI=1S/C10H12FN/c1-4-9-10(11)8(7(2)3)5-6-12-9/h4-7H,1H2,2-3H3. The van der Waals surface area contributed by atoms with Crippen LogP contribution >= 0.6 is 0 Å². The Morgan fingerprint density at radius 2 is 2.25 bits per heavy atom. The second kappa shape index (κ2) is 3.48. The molecule has 0 spiro atoms. The monoisotopic (exact) mass is 165 g/mol. The van der Waals surface area contributed by atoms with Gasteiger partial charge in [-0.25, -0.2) is 4.39 Å². The molecule has 0 bridgehead atoms. The van der Waals surface area contributed by atoms with Crippen LogP contribution in [-0.2, 0) is 0 Å². The Balaban J connectivity index is 3.22. The van der Waals surface area contributed by atoms with E-state index in [1.165, 1.54) is 6.08 Å². The lowest BCUT2D eigenvalue weighted by Gasteiger charge is -2.07. The first-order valence-corrected chi connectivity index (χ1v) is 3.93. The second-order valence-electron chi connectivity index (χ2n) is 2.96. The van der Waals surface area contributed by atoms with Gasteiger partial charge in [0, 0.05) is 6.20 Å². The van der Waals surface area contributed by atoms with E-state index in [1.54, 1.807) is 12.3 Å². The summed E-state index contributed by atoms with van der Waals surface area (Å²) in [5.74, 6) is -0.0609. The first kappa shape index (κ1) is 8.91. The number of aromatic nitrogens is 1. The molecular formula is C10H12FN. The molecule has 0 aliphatic rings. The normalized spacial score (nSPS) is 10.3. The summed E-state index contributed by atoms with van der Waals surface area (Å²) in [5.41, 5.74) is 1.03. The maximum Gasteiger partial charge on any atom is 0.152 e. The lowest BCUT2D eigenvalue weighted by atomic mass is 10.0. The summed E-state index contributed by atoms with van der Waals surface area (Å²) in [6, 6.07) is 1.70. The molecule has 0 saturated heterocycles. The highest BCUT2D eigenvalue weighted by Gasteiger charge is 2.09. The molecular weight excluding hydrogens is 153 g/mol. The number of pyridine rings is 1. The molecule has 0 amide bonds. The van der Waals surface area contributed by atoms with E-state index in [9.17, 15) is 4.39 Å². The predicted octanol–water partition coefficient (Wildman–Crippen LogP) is 2.99. The van der Waals surface area contributed by atoms with E-state index in [-0.39, 0.29) is 11.7 Å². The molecule has 0 saturated carbocycles. The molecule has 0 fully saturated rings. The van der Waals surface area contributed by atoms with Crippen LogP contribution in [0.4, 0.5) is 4.39 Å². The summed E-state index contributed by atoms with van der Waals surface area (Å²) in [6.07, 6.45) is 3.04. The van der Waals surface area contributed by atoms with Crippen molar-refractivity contribution in [3.05, 3.63) is 35.9 Å². The van der Waals surface area contributed by atoms with E-state index in [4.69, 9.17) is 0 Å². The smallest absolute Gasteiger partial charge is 0.152 e. The van der Waals surface area contributed by atoms with Crippen molar-refractivity contribution in [3.8, 4) is 0 Å². The van der Waals surface area contributed by atoms with E-state index in [2.05, 4.69) is 11.6 Å². The molecule has 0 aliphatic heterocycles. The third-order valence-corrected chi connectivity index (χ3v) is 1.76. The highest BCUT2D eigenvalue weighted by Crippen LogP contribution is 2.19. The Kier molecular flexibility index (Phi) is 2.58. The molecule has 0 radical (unpaired) electrons. The zero-order chi connectivity index (χ0) is 9.14. The second-order valence-corrected chi connectivity index (χ2v) is 2.96. The maximum atomic E-state index is 13.4. The predicted molar refractivity (Wildman–Crippen MR) is 48.4 cm³/mol. The minimum absolute atomic E-state index is 0.187. The van der Waals surface area contributed by atoms with E-state index >= 15 is 0 Å². The summed E-state index contributed by atoms with van der Waals surface area (Å²) in [6.45, 7) is 7.39. The summed E-state index contributed by atoms with van der Waals surface area (Å²) in [7, 11) is 0. The van der Waals surface area contributed by atoms with Gasteiger partial charge < -0.3 is 0 Å². The van der Waals surface area contributed by atoms with Crippen LogP contribution in [-0.4, -0.2) is 4.98 Å². The molecule has 0 N–H and O–H groups in total. The Morgan fingerprint density at radius 3 is 2.75 bits per heavy atom. The molecule has 2 heteroatoms. The van der Waals surface area contributed by atoms with Crippen LogP contribution in [0.2, 0.25) is 0 Å². The number of halogens is 1. The van der Waals surface area contributed by atoms with Gasteiger partial charge in [0.05, 0.1) is 5.69 Å². The number of hydrogen-bond donors (Lipinski definition) is 0. The Hall–Kier alpha value is -1.18. The number of hydrogen-bond acceptors (Lipinski definition) is 1. The van der Waals surface area contributed by atoms with Crippen molar-refractivity contribution in [1.82, 2.24) is 4.98 Å². The Bertz CT molecular complexity index is 292. The van der Waals surface area contributed by atoms with Crippen molar-refractivity contribution >= 4 is 6.08 Å². The zero-order valence-corrected chi connectivity index (χ0v) is 7.34. The molecule has 1 aromatic rings. The van der Waals surface area contributed by atoms with Crippen LogP contribution in [0, 0.1) is 5.82 Å². The lowest BCUT2D eigenvalue weighted by molar-refractivity contribution is 0.589. The average molecular weight is 165 g/mol. The van der Waals surface area contributed by atoms with Gasteiger partial charge in [0.15, 0.2) is 5.82 Å². The van der Waals surface area contributed by atoms with Gasteiger partial charge in [0.1, 0.15) is 0 Å². The van der Waals surface area contributed by atoms with Crippen LogP contribution in [0.25, 0.3) is 6.08 Å². The molecule has 0 aliphatic carbocycles. The highest BCUT2D eigenvalue weighted by atomic mass is 19.1. The van der Waals surface area contributed by atoms with Gasteiger partial charge in [-0.3, -0.25) is 4.98 Å². The van der Waals surface area contributed by atoms with Crippen molar-refractivity contribution in [1.29, 1.82) is 0 Å². The van der Waals surface area contributed by atoms with Gasteiger partial charge in [-0.05, 0) is 23.6 Å². The molecule has 1 rings (SSSR count). The third kappa shape index (κ3) is 1.52. The van der Waals surface area contributed by atoms with Crippen molar-refractivity contribution in [3.63, 3.8) is 0 Å². The van der Waals surface area contributed by atoms with Crippen molar-refractivity contribution in [2.24, 2.45) is 0 Å². The molecule has 1 nitrogen and oxygen atoms in total. The summed E-state index contributed by atoms with van der Waals surface area (Å²) in [4.78, 5) is 3.85. The minimum Gasteiger partial charge on any atom is -0.254 e. The summed E-state index contributed by atoms with van der Waals surface area (Å²) >= 11 is 0. The molecule has 1 aromatic heterocycles. The first-order chi connectivity index (χ1) is 5.66. The summed E-state index contributed by atoms with van der Waals surface area (Å²) < 4.78 is 13.4. The molecule has 0 aromatic carbocycles. The zero-order valence-electron chi connectivity index (χ0n) is 7.34. The molecule has 12 heavy (non-hydrogen) atoms. The summed E-state index contributed by atoms with van der Waals surface area (Å²) in [5, 5.41) is 0. The molecule has 1 heterocycles. The first-order valence-electron chi connectivity index (χ1n) is 3.93. The maximum absolute atomic E-state index is 13.4. The number of nitrogens with zero attached hydrogens (tertiary/aromatic N) is 1. The van der Waals surface area contributed by atoms with Crippen LogP contribution in [0.15, 0.2) is 18.8 Å². The SMILES string of the molecule is C=Cc1nccc(C(C)C)c1F. The van der Waals surface area contributed by atoms with E-state index in [0.717, 1.165) is 0 Å². The third-order valence-electron chi connectivity index (χ3n) is 1.76. The quantitative estimate of drug-likeness (QED) is 0.656. The van der Waals surface area contributed by atoms with Crippen LogP contribution in [0.5, 0.6) is 0 Å². The topological polar surface area (TPSA) is 12.9 Å². The molecule has 0 unspecified atom stereocenters. The van der Waals surface area contributed by atoms with Crippen LogP contribution in [0.3, 0.4) is 0 Å². The van der Waals surface area contributed by atoms with Gasteiger partial charge >= 0.3 is 0 Å². The van der Waals surface area contributed by atoms with Crippen molar-refractivity contribution in [2.75, 3.05) is 0 Å². The van der Waals surface area contributed by atoms with E-state index in [1.807, 2.05) is 13.8 Å². The van der Waals surface area contributed by atoms with Crippen molar-refractivity contribution < 1.29 is 4.39 Å². The van der Waals surface area contributed by atoms with Gasteiger partial charge in [0.25, 0.3) is 0 Å². The van der Waals surface area contributed by atoms with Gasteiger partial charge in [-0.15, -0.1) is 0 Å². The van der Waals surface area contributed by atoms with Gasteiger partial charge in [0.2, 0.25) is 0 Å². The Morgan fingerprint density at radius 1 is 1.58 bits per heavy atom. The highest BCUT2D eigenvalue weighted by molar-refractivity contribution is 5.44. The fraction of sp³-hybridized carbons (Fsp3) is 0.300. The van der Waals surface area contributed by atoms with Crippen LogP contribution in [0.1, 0.15) is 31.0 Å². The molecule has 64 valence electrons. The van der Waals surface area contributed by atoms with Crippen molar-refractivity contribution in [2.45, 2.75) is 19.8 Å². The average Bonchev–Trinajstić information content (AvgIpc) is 2.04. The van der Waals surface area contributed by atoms with E-state index in [0.29, 0.717) is 11.3 Å². The van der Waals surface area contributed by atoms with Gasteiger partial charge in [-0.2, -0.15) is 0 Å². The minimum atomic E-state index is -0.248. The fourth-order valence-electron chi connectivity index (χ4n) is 1.06. The lowest BCUT2D eigenvalue weighted by Crippen LogP contribution is -1.97. The largest absolute Gasteiger partial charge is 0.254 e. The number of rotatable bonds is 2. The Labute approximate surface area is 72.0 Å². The van der Waals surface area contributed by atoms with Crippen LogP contribution < -0.4 is 0 Å². The fourth-order valence-corrected chi connectivity index (χ4v) is 1.06. The van der Waals surface area contributed by atoms with E-state index < -0.39 is 0 Å². The molecule has 0 atom stereocenters. The van der Waals surface area contributed by atoms with Gasteiger partial charge in [-0.1, -0.05) is 20.4 Å².